The fourth-order valence-corrected chi connectivity index (χ4v) is 7.57. The summed E-state index contributed by atoms with van der Waals surface area (Å²) in [6, 6.07) is -2.97. The molecule has 2 heterocycles. The van der Waals surface area contributed by atoms with E-state index in [-0.39, 0.29) is 42.8 Å². The Kier molecular flexibility index (Phi) is 20.3. The Bertz CT molecular complexity index is 1390. The third-order valence-electron chi connectivity index (χ3n) is 9.57. The van der Waals surface area contributed by atoms with E-state index in [4.69, 9.17) is 10.9 Å². The number of hydrogen-bond acceptors (Lipinski definition) is 11. The van der Waals surface area contributed by atoms with Crippen molar-refractivity contribution < 1.29 is 48.4 Å². The Balaban J connectivity index is 1.59. The number of hydroxylamine groups is 1. The molecule has 0 aromatic heterocycles. The summed E-state index contributed by atoms with van der Waals surface area (Å²) in [5.74, 6) is -5.10. The number of primary amides is 1. The number of carbonyl (C=O) groups excluding carboxylic acids is 9. The predicted molar refractivity (Wildman–Crippen MR) is 201 cm³/mol. The van der Waals surface area contributed by atoms with E-state index < -0.39 is 78.5 Å². The number of amides is 10. The molecule has 2 rings (SSSR count). The van der Waals surface area contributed by atoms with Crippen molar-refractivity contribution >= 4 is 65.1 Å². The second-order valence-electron chi connectivity index (χ2n) is 13.9. The molecule has 12 N–H and O–H groups in total. The van der Waals surface area contributed by atoms with Crippen LogP contribution in [-0.4, -0.2) is 119 Å². The van der Waals surface area contributed by atoms with Crippen LogP contribution in [0.15, 0.2) is 0 Å². The molecule has 21 heteroatoms. The van der Waals surface area contributed by atoms with Gasteiger partial charge in [-0.15, -0.1) is 0 Å². The first-order chi connectivity index (χ1) is 26.1. The fraction of sp³-hybridized carbons (Fsp3) is 0.735. The zero-order valence-electron chi connectivity index (χ0n) is 31.9. The minimum absolute atomic E-state index is 0.0747. The quantitative estimate of drug-likeness (QED) is 0.0203. The van der Waals surface area contributed by atoms with Crippen LogP contribution >= 0.6 is 11.8 Å². The Labute approximate surface area is 324 Å². The van der Waals surface area contributed by atoms with Gasteiger partial charge in [0.2, 0.25) is 47.3 Å². The maximum atomic E-state index is 12.7. The summed E-state index contributed by atoms with van der Waals surface area (Å²) in [5, 5.41) is 29.9. The number of hydrogen-bond donors (Lipinski definition) is 11. The smallest absolute Gasteiger partial charge is 0.315 e. The summed E-state index contributed by atoms with van der Waals surface area (Å²) in [4.78, 5) is 110. The Morgan fingerprint density at radius 1 is 0.800 bits per heavy atom. The van der Waals surface area contributed by atoms with Gasteiger partial charge in [-0.2, -0.15) is 11.8 Å². The number of nitrogens with two attached hydrogens (primary N) is 1. The van der Waals surface area contributed by atoms with Gasteiger partial charge in [-0.1, -0.05) is 26.7 Å². The summed E-state index contributed by atoms with van der Waals surface area (Å²) in [7, 11) is 0. The van der Waals surface area contributed by atoms with Gasteiger partial charge in [0.25, 0.3) is 0 Å². The maximum absolute atomic E-state index is 12.7. The third-order valence-corrected chi connectivity index (χ3v) is 11.1. The fourth-order valence-electron chi connectivity index (χ4n) is 6.03. The van der Waals surface area contributed by atoms with Crippen LogP contribution in [0.2, 0.25) is 0 Å². The van der Waals surface area contributed by atoms with Crippen molar-refractivity contribution in [2.45, 2.75) is 121 Å². The molecule has 310 valence electrons. The van der Waals surface area contributed by atoms with Crippen molar-refractivity contribution in [2.24, 2.45) is 17.6 Å². The highest BCUT2D eigenvalue weighted by atomic mass is 32.2. The molecule has 10 amide bonds. The molecule has 0 radical (unpaired) electrons. The van der Waals surface area contributed by atoms with Crippen LogP contribution in [0, 0.1) is 11.8 Å². The number of rotatable bonds is 25. The average molecular weight is 799 g/mol. The van der Waals surface area contributed by atoms with E-state index in [1.165, 1.54) is 19.3 Å². The van der Waals surface area contributed by atoms with E-state index in [9.17, 15) is 43.2 Å². The summed E-state index contributed by atoms with van der Waals surface area (Å²) in [6.07, 6.45) is 4.45. The average Bonchev–Trinajstić information content (AvgIpc) is 3.70. The molecule has 0 bridgehead atoms. The first-order valence-electron chi connectivity index (χ1n) is 18.7. The van der Waals surface area contributed by atoms with Crippen LogP contribution in [0.1, 0.15) is 85.5 Å². The van der Waals surface area contributed by atoms with E-state index in [0.717, 1.165) is 25.0 Å². The monoisotopic (exact) mass is 798 g/mol. The number of nitrogens with one attached hydrogen (secondary N) is 9. The summed E-state index contributed by atoms with van der Waals surface area (Å²) < 4.78 is 0. The van der Waals surface area contributed by atoms with Crippen molar-refractivity contribution in [2.75, 3.05) is 25.4 Å². The molecule has 2 unspecified atom stereocenters. The zero-order chi connectivity index (χ0) is 41.1. The second-order valence-corrected chi connectivity index (χ2v) is 15.2. The molecule has 0 saturated carbocycles. The van der Waals surface area contributed by atoms with Crippen LogP contribution in [-0.2, 0) is 38.4 Å². The van der Waals surface area contributed by atoms with Gasteiger partial charge < -0.3 is 48.3 Å². The van der Waals surface area contributed by atoms with Gasteiger partial charge in [0.15, 0.2) is 0 Å². The van der Waals surface area contributed by atoms with Crippen LogP contribution in [0.25, 0.3) is 0 Å². The molecular weight excluding hydrogens is 741 g/mol. The molecule has 20 nitrogen and oxygen atoms in total. The highest BCUT2D eigenvalue weighted by Gasteiger charge is 2.42. The Morgan fingerprint density at radius 2 is 1.47 bits per heavy atom. The van der Waals surface area contributed by atoms with Crippen LogP contribution in [0.4, 0.5) is 4.79 Å². The van der Waals surface area contributed by atoms with Crippen molar-refractivity contribution in [3.8, 4) is 0 Å². The normalized spacial score (nSPS) is 19.8. The zero-order valence-corrected chi connectivity index (χ0v) is 32.7. The van der Waals surface area contributed by atoms with E-state index in [2.05, 4.69) is 42.5 Å². The lowest BCUT2D eigenvalue weighted by Crippen LogP contribution is -2.54. The summed E-state index contributed by atoms with van der Waals surface area (Å²) in [6.45, 7) is 5.72. The number of unbranched alkanes of at least 4 members (excludes halogenated alkanes) is 2. The lowest BCUT2D eigenvalue weighted by atomic mass is 9.87. The minimum Gasteiger partial charge on any atom is -0.368 e. The van der Waals surface area contributed by atoms with Crippen molar-refractivity contribution in [3.05, 3.63) is 0 Å². The minimum atomic E-state index is -1.10. The molecule has 2 aliphatic rings. The standard InChI is InChI=1S/C34H58N10O10S/c1-5-18(2)21(14-26(46)44-54)33(52)40-20(4)32(51)39-19(3)31(50)38-15-27(47)37-16-28(48)41-22(30(35)49)10-8-9-13-36-25(45)12-7-6-11-24-29-23(17-55-24)42-34(53)43-29/h18-24,29,54H,5-17H2,1-4H3,(H2,35,49)(H,36,45)(H,37,47)(H,38,50)(H,39,51)(H,40,52)(H,41,48)(H,44,46)(H2,42,43,53)/t18?,19-,20-,21?,22-,23-,24-,29-/m0/s1. The van der Waals surface area contributed by atoms with Crippen LogP contribution in [0.5, 0.6) is 0 Å². The van der Waals surface area contributed by atoms with Gasteiger partial charge in [0, 0.05) is 36.3 Å². The molecular formula is C34H58N10O10S. The maximum Gasteiger partial charge on any atom is 0.315 e. The van der Waals surface area contributed by atoms with E-state index in [0.29, 0.717) is 37.5 Å². The molecule has 0 aromatic carbocycles. The van der Waals surface area contributed by atoms with Gasteiger partial charge in [-0.3, -0.25) is 43.6 Å². The first-order valence-corrected chi connectivity index (χ1v) is 19.7. The van der Waals surface area contributed by atoms with Gasteiger partial charge in [-0.05, 0) is 51.9 Å². The number of fused-ring (bicyclic) bond motifs is 1. The van der Waals surface area contributed by atoms with Gasteiger partial charge in [0.1, 0.15) is 18.1 Å². The Morgan fingerprint density at radius 3 is 2.15 bits per heavy atom. The second kappa shape index (κ2) is 24.0. The molecule has 0 spiro atoms. The summed E-state index contributed by atoms with van der Waals surface area (Å²) >= 11 is 1.84. The highest BCUT2D eigenvalue weighted by Crippen LogP contribution is 2.33. The van der Waals surface area contributed by atoms with Crippen LogP contribution < -0.4 is 53.7 Å². The number of urea groups is 1. The SMILES string of the molecule is CCC(C)C(CC(=O)NO)C(=O)N[C@@H](C)C(=O)N[C@@H](C)C(=O)NCC(=O)NCC(=O)N[C@@H](CCCCNC(=O)CCCC[C@@H]1SC[C@@H]2NC(=O)N[C@@H]21)C(N)=O. The van der Waals surface area contributed by atoms with E-state index in [1.807, 2.05) is 18.7 Å². The van der Waals surface area contributed by atoms with Crippen molar-refractivity contribution in [3.63, 3.8) is 0 Å². The van der Waals surface area contributed by atoms with E-state index in [1.54, 1.807) is 6.92 Å². The topological polar surface area (TPSA) is 308 Å². The lowest BCUT2D eigenvalue weighted by molar-refractivity contribution is -0.137. The number of thioether (sulfide) groups is 1. The largest absolute Gasteiger partial charge is 0.368 e. The molecule has 55 heavy (non-hydrogen) atoms. The molecule has 2 fully saturated rings. The lowest BCUT2D eigenvalue weighted by Gasteiger charge is -2.24. The first kappa shape index (κ1) is 46.5. The molecule has 8 atom stereocenters. The van der Waals surface area contributed by atoms with Gasteiger partial charge in [0.05, 0.1) is 25.2 Å². The molecule has 2 aliphatic heterocycles. The predicted octanol–water partition coefficient (Wildman–Crippen LogP) is -2.23. The van der Waals surface area contributed by atoms with E-state index >= 15 is 0 Å². The molecule has 2 saturated heterocycles. The van der Waals surface area contributed by atoms with Gasteiger partial charge >= 0.3 is 6.03 Å². The Hall–Kier alpha value is -4.66. The molecule has 0 aliphatic carbocycles. The van der Waals surface area contributed by atoms with Crippen molar-refractivity contribution in [1.29, 1.82) is 0 Å². The van der Waals surface area contributed by atoms with Gasteiger partial charge in [-0.25, -0.2) is 10.3 Å². The molecule has 0 aromatic rings. The highest BCUT2D eigenvalue weighted by molar-refractivity contribution is 8.00. The van der Waals surface area contributed by atoms with Crippen LogP contribution in [0.3, 0.4) is 0 Å². The van der Waals surface area contributed by atoms with Crippen molar-refractivity contribution in [1.82, 2.24) is 48.0 Å². The third kappa shape index (κ3) is 16.7. The summed E-state index contributed by atoms with van der Waals surface area (Å²) in [5.41, 5.74) is 6.92. The number of carbonyl (C=O) groups is 9.